The van der Waals surface area contributed by atoms with Gasteiger partial charge in [0, 0.05) is 32.4 Å². The first kappa shape index (κ1) is 28.9. The van der Waals surface area contributed by atoms with Crippen molar-refractivity contribution < 1.29 is 37.8 Å². The van der Waals surface area contributed by atoms with Gasteiger partial charge in [0.25, 0.3) is 11.8 Å². The van der Waals surface area contributed by atoms with Crippen LogP contribution in [0.4, 0.5) is 0 Å². The highest BCUT2D eigenvalue weighted by Crippen LogP contribution is 2.38. The molecule has 1 aromatic carbocycles. The van der Waals surface area contributed by atoms with E-state index in [1.807, 2.05) is 25.1 Å². The molecule has 2 N–H and O–H groups in total. The van der Waals surface area contributed by atoms with Gasteiger partial charge in [-0.2, -0.15) is 0 Å². The molecule has 2 aliphatic heterocycles. The number of benzene rings is 1. The molecule has 222 valence electrons. The molecule has 1 unspecified atom stereocenters. The molecule has 0 spiro atoms. The topological polar surface area (TPSA) is 153 Å². The number of amides is 4. The molecular weight excluding hydrogens is 546 g/mol. The predicted octanol–water partition coefficient (Wildman–Crippen LogP) is 1.35. The highest BCUT2D eigenvalue weighted by Gasteiger charge is 2.49. The van der Waals surface area contributed by atoms with E-state index in [0.717, 1.165) is 10.5 Å². The fourth-order valence-corrected chi connectivity index (χ4v) is 4.75. The molecule has 13 heteroatoms. The third kappa shape index (κ3) is 5.22. The van der Waals surface area contributed by atoms with E-state index in [1.165, 1.54) is 31.2 Å². The first-order valence-electron chi connectivity index (χ1n) is 13.3. The second-order valence-electron chi connectivity index (χ2n) is 11.1. The molecule has 0 bridgehead atoms. The van der Waals surface area contributed by atoms with Crippen LogP contribution in [0.3, 0.4) is 0 Å². The van der Waals surface area contributed by atoms with Gasteiger partial charge < -0.3 is 39.1 Å². The Balaban J connectivity index is 1.45. The number of furan rings is 1. The zero-order chi connectivity index (χ0) is 30.2. The molecule has 1 atom stereocenters. The molecule has 0 radical (unpaired) electrons. The van der Waals surface area contributed by atoms with Crippen LogP contribution in [-0.2, 0) is 20.9 Å². The van der Waals surface area contributed by atoms with Gasteiger partial charge in [-0.05, 0) is 26.0 Å². The van der Waals surface area contributed by atoms with E-state index >= 15 is 0 Å². The molecule has 1 saturated heterocycles. The van der Waals surface area contributed by atoms with Crippen molar-refractivity contribution in [3.8, 4) is 11.5 Å². The van der Waals surface area contributed by atoms with Crippen LogP contribution in [0, 0.1) is 0 Å². The third-order valence-corrected chi connectivity index (χ3v) is 7.45. The molecule has 3 aromatic rings. The number of fused-ring (bicyclic) bond motifs is 3. The number of hydrogen-bond donors (Lipinski definition) is 2. The summed E-state index contributed by atoms with van der Waals surface area (Å²) in [5.74, 6) is -1.63. The van der Waals surface area contributed by atoms with Crippen molar-refractivity contribution in [3.63, 3.8) is 0 Å². The van der Waals surface area contributed by atoms with Gasteiger partial charge >= 0.3 is 0 Å². The Labute approximate surface area is 242 Å². The van der Waals surface area contributed by atoms with E-state index in [9.17, 15) is 19.2 Å². The summed E-state index contributed by atoms with van der Waals surface area (Å²) >= 11 is 0. The van der Waals surface area contributed by atoms with Gasteiger partial charge in [-0.25, -0.2) is 4.98 Å². The van der Waals surface area contributed by atoms with Crippen molar-refractivity contribution in [2.24, 2.45) is 0 Å². The van der Waals surface area contributed by atoms with E-state index in [4.69, 9.17) is 18.6 Å². The third-order valence-electron chi connectivity index (χ3n) is 7.45. The van der Waals surface area contributed by atoms with E-state index in [1.54, 1.807) is 20.2 Å². The summed E-state index contributed by atoms with van der Waals surface area (Å²) < 4.78 is 22.5. The van der Waals surface area contributed by atoms with Crippen molar-refractivity contribution >= 4 is 34.7 Å². The Morgan fingerprint density at radius 2 is 1.88 bits per heavy atom. The highest BCUT2D eigenvalue weighted by atomic mass is 16.5. The largest absolute Gasteiger partial charge is 0.496 e. The smallest absolute Gasteiger partial charge is 0.295 e. The highest BCUT2D eigenvalue weighted by molar-refractivity contribution is 6.06. The molecule has 0 aliphatic carbocycles. The minimum absolute atomic E-state index is 0.0323. The summed E-state index contributed by atoms with van der Waals surface area (Å²) in [6.07, 6.45) is 1.36. The van der Waals surface area contributed by atoms with Gasteiger partial charge in [-0.15, -0.1) is 0 Å². The second-order valence-corrected chi connectivity index (χ2v) is 11.1. The number of carbonyl (C=O) groups excluding carboxylic acids is 4. The molecule has 2 aliphatic rings. The maximum Gasteiger partial charge on any atom is 0.295 e. The van der Waals surface area contributed by atoms with Crippen molar-refractivity contribution in [2.75, 3.05) is 47.6 Å². The van der Waals surface area contributed by atoms with Crippen molar-refractivity contribution in [1.82, 2.24) is 25.4 Å². The van der Waals surface area contributed by atoms with Crippen molar-refractivity contribution in [1.29, 1.82) is 0 Å². The van der Waals surface area contributed by atoms with Gasteiger partial charge in [0.1, 0.15) is 18.9 Å². The average Bonchev–Trinajstić information content (AvgIpc) is 3.29. The van der Waals surface area contributed by atoms with Gasteiger partial charge in [0.2, 0.25) is 17.6 Å². The molecule has 0 saturated carbocycles. The van der Waals surface area contributed by atoms with Gasteiger partial charge in [-0.1, -0.05) is 18.2 Å². The summed E-state index contributed by atoms with van der Waals surface area (Å²) in [6.45, 7) is 3.62. The fraction of sp³-hybridized carbons (Fsp3) is 0.414. The number of carbonyl (C=O) groups is 4. The lowest BCUT2D eigenvalue weighted by Gasteiger charge is -2.38. The zero-order valence-corrected chi connectivity index (χ0v) is 24.1. The average molecular weight is 580 g/mol. The molecule has 4 amide bonds. The molecule has 5 rings (SSSR count). The molecular formula is C29H33N5O8. The second kappa shape index (κ2) is 11.0. The zero-order valence-electron chi connectivity index (χ0n) is 24.1. The predicted molar refractivity (Wildman–Crippen MR) is 149 cm³/mol. The minimum Gasteiger partial charge on any atom is -0.496 e. The number of methoxy groups -OCH3 is 1. The van der Waals surface area contributed by atoms with Gasteiger partial charge in [0.15, 0.2) is 22.4 Å². The van der Waals surface area contributed by atoms with E-state index in [2.05, 4.69) is 15.6 Å². The minimum atomic E-state index is -1.60. The Morgan fingerprint density at radius 1 is 1.14 bits per heavy atom. The van der Waals surface area contributed by atoms with Crippen LogP contribution in [0.15, 0.2) is 40.9 Å². The van der Waals surface area contributed by atoms with Crippen LogP contribution in [0.1, 0.15) is 40.3 Å². The van der Waals surface area contributed by atoms with Crippen LogP contribution in [-0.4, -0.2) is 97.1 Å². The molecule has 1 fully saturated rings. The fourth-order valence-electron chi connectivity index (χ4n) is 4.75. The molecule has 2 aromatic heterocycles. The maximum atomic E-state index is 14.0. The quantitative estimate of drug-likeness (QED) is 0.403. The number of hydrogen-bond acceptors (Lipinski definition) is 9. The number of rotatable bonds is 8. The lowest BCUT2D eigenvalue weighted by Crippen LogP contribution is -2.62. The van der Waals surface area contributed by atoms with Crippen LogP contribution >= 0.6 is 0 Å². The lowest BCUT2D eigenvalue weighted by atomic mass is 9.98. The first-order chi connectivity index (χ1) is 20.0. The van der Waals surface area contributed by atoms with Crippen molar-refractivity contribution in [2.45, 2.75) is 31.5 Å². The van der Waals surface area contributed by atoms with Crippen LogP contribution in [0.5, 0.6) is 11.5 Å². The number of likely N-dealkylation sites (N-methyl/N-ethyl adjacent to an activating group) is 1. The van der Waals surface area contributed by atoms with E-state index in [-0.39, 0.29) is 47.2 Å². The summed E-state index contributed by atoms with van der Waals surface area (Å²) in [5.41, 5.74) is -0.744. The summed E-state index contributed by atoms with van der Waals surface area (Å²) in [5, 5.41) is 5.75. The van der Waals surface area contributed by atoms with Gasteiger partial charge in [0.05, 0.1) is 31.4 Å². The molecule has 4 heterocycles. The van der Waals surface area contributed by atoms with Crippen molar-refractivity contribution in [3.05, 3.63) is 53.4 Å². The number of nitrogens with zero attached hydrogens (tertiary/aromatic N) is 3. The lowest BCUT2D eigenvalue weighted by molar-refractivity contribution is -0.137. The Bertz CT molecular complexity index is 1560. The normalized spacial score (nSPS) is 19.2. The number of pyridine rings is 1. The summed E-state index contributed by atoms with van der Waals surface area (Å²) in [7, 11) is 4.64. The Morgan fingerprint density at radius 3 is 2.55 bits per heavy atom. The van der Waals surface area contributed by atoms with E-state index in [0.29, 0.717) is 19.0 Å². The monoisotopic (exact) mass is 579 g/mol. The number of ether oxygens (including phenoxy) is 3. The maximum absolute atomic E-state index is 14.0. The number of para-hydroxylation sites is 1. The molecule has 13 nitrogen and oxygen atoms in total. The van der Waals surface area contributed by atoms with Gasteiger partial charge in [-0.3, -0.25) is 19.2 Å². The van der Waals surface area contributed by atoms with Crippen LogP contribution < -0.4 is 20.1 Å². The number of nitrogens with one attached hydrogen (secondary N) is 2. The van der Waals surface area contributed by atoms with E-state index < -0.39 is 35.3 Å². The molecule has 42 heavy (non-hydrogen) atoms. The Hall–Kier alpha value is -4.65. The number of aromatic nitrogens is 1. The Kier molecular flexibility index (Phi) is 7.54. The summed E-state index contributed by atoms with van der Waals surface area (Å²) in [6, 6.07) is 8.69. The first-order valence-corrected chi connectivity index (χ1v) is 13.3. The van der Waals surface area contributed by atoms with Crippen LogP contribution in [0.25, 0.3) is 11.1 Å². The van der Waals surface area contributed by atoms with Crippen LogP contribution in [0.2, 0.25) is 0 Å². The standard InChI is InChI=1S/C29H33N5O8/c1-28(14-40-15-28)32-25(36)18-10-20-22(30-12-18)23-24(42-20)26(37)34(13-21(35)33(3)4)29(2,16-41-23)27(38)31-11-17-8-6-7-9-19(17)39-5/h6-10,12H,11,13-16H2,1-5H3,(H,31,38)(H,32,36). The SMILES string of the molecule is COc1ccccc1CNC(=O)C1(C)COc2c(oc3cc(C(=O)NC4(C)COC4)cnc23)C(=O)N1CC(=O)N(C)C. The summed E-state index contributed by atoms with van der Waals surface area (Å²) in [4.78, 5) is 60.1.